The molecule has 0 aliphatic heterocycles. The van der Waals surface area contributed by atoms with E-state index in [2.05, 4.69) is 10.5 Å². The normalized spacial score (nSPS) is 11.5. The van der Waals surface area contributed by atoms with Gasteiger partial charge in [-0.2, -0.15) is 5.10 Å². The SMILES string of the molecule is Cc1cc(Cl)ccc1N(CC(=O)N/N=C\c1ccc(F)cc1)S(=O)(=O)c1ccccc1. The smallest absolute Gasteiger partial charge is 0.264 e. The summed E-state index contributed by atoms with van der Waals surface area (Å²) in [4.78, 5) is 12.6. The fraction of sp³-hybridized carbons (Fsp3) is 0.0909. The maximum atomic E-state index is 13.3. The van der Waals surface area contributed by atoms with Crippen LogP contribution in [0.3, 0.4) is 0 Å². The number of benzene rings is 3. The van der Waals surface area contributed by atoms with Crippen molar-refractivity contribution in [3.63, 3.8) is 0 Å². The second-order valence-corrected chi connectivity index (χ2v) is 8.90. The maximum Gasteiger partial charge on any atom is 0.264 e. The zero-order valence-electron chi connectivity index (χ0n) is 16.5. The van der Waals surface area contributed by atoms with Crippen LogP contribution in [-0.4, -0.2) is 27.1 Å². The molecule has 0 heterocycles. The lowest BCUT2D eigenvalue weighted by atomic mass is 10.2. The van der Waals surface area contributed by atoms with Crippen LogP contribution >= 0.6 is 11.6 Å². The number of anilines is 1. The minimum atomic E-state index is -4.03. The monoisotopic (exact) mass is 459 g/mol. The Labute approximate surface area is 185 Å². The predicted molar refractivity (Wildman–Crippen MR) is 119 cm³/mol. The molecule has 3 aromatic rings. The average Bonchev–Trinajstić information content (AvgIpc) is 2.74. The van der Waals surface area contributed by atoms with Crippen molar-refractivity contribution in [2.24, 2.45) is 5.10 Å². The highest BCUT2D eigenvalue weighted by Gasteiger charge is 2.28. The van der Waals surface area contributed by atoms with E-state index >= 15 is 0 Å². The summed E-state index contributed by atoms with van der Waals surface area (Å²) in [5, 5.41) is 4.27. The highest BCUT2D eigenvalue weighted by atomic mass is 35.5. The lowest BCUT2D eigenvalue weighted by molar-refractivity contribution is -0.119. The highest BCUT2D eigenvalue weighted by molar-refractivity contribution is 7.92. The fourth-order valence-corrected chi connectivity index (χ4v) is 4.54. The first-order valence-corrected chi connectivity index (χ1v) is 11.0. The van der Waals surface area contributed by atoms with Gasteiger partial charge < -0.3 is 0 Å². The van der Waals surface area contributed by atoms with Crippen molar-refractivity contribution in [3.05, 3.63) is 94.8 Å². The zero-order chi connectivity index (χ0) is 22.4. The van der Waals surface area contributed by atoms with Gasteiger partial charge in [-0.25, -0.2) is 18.2 Å². The molecule has 0 aromatic heterocycles. The molecule has 160 valence electrons. The Bertz CT molecular complexity index is 1200. The molecule has 0 atom stereocenters. The van der Waals surface area contributed by atoms with Gasteiger partial charge in [0.25, 0.3) is 15.9 Å². The first-order valence-electron chi connectivity index (χ1n) is 9.19. The Morgan fingerprint density at radius 1 is 1.10 bits per heavy atom. The Hall–Kier alpha value is -3.23. The number of hydrogen-bond acceptors (Lipinski definition) is 4. The van der Waals surface area contributed by atoms with Crippen molar-refractivity contribution in [3.8, 4) is 0 Å². The van der Waals surface area contributed by atoms with Crippen molar-refractivity contribution in [1.29, 1.82) is 0 Å². The van der Waals surface area contributed by atoms with E-state index < -0.39 is 22.5 Å². The number of aryl methyl sites for hydroxylation is 1. The molecular formula is C22H19ClFN3O3S. The molecular weight excluding hydrogens is 441 g/mol. The lowest BCUT2D eigenvalue weighted by Crippen LogP contribution is -2.40. The third-order valence-corrected chi connectivity index (χ3v) is 6.33. The van der Waals surface area contributed by atoms with Gasteiger partial charge in [-0.05, 0) is 60.5 Å². The summed E-state index contributed by atoms with van der Waals surface area (Å²) in [5.74, 6) is -1.03. The number of nitrogens with one attached hydrogen (secondary N) is 1. The van der Waals surface area contributed by atoms with Gasteiger partial charge in [0, 0.05) is 5.02 Å². The number of nitrogens with zero attached hydrogens (tertiary/aromatic N) is 2. The van der Waals surface area contributed by atoms with Crippen LogP contribution in [0.15, 0.2) is 82.8 Å². The molecule has 0 radical (unpaired) electrons. The summed E-state index contributed by atoms with van der Waals surface area (Å²) in [6.07, 6.45) is 1.33. The molecule has 9 heteroatoms. The van der Waals surface area contributed by atoms with Gasteiger partial charge >= 0.3 is 0 Å². The second-order valence-electron chi connectivity index (χ2n) is 6.60. The van der Waals surface area contributed by atoms with Crippen LogP contribution < -0.4 is 9.73 Å². The van der Waals surface area contributed by atoms with Gasteiger partial charge in [0.05, 0.1) is 16.8 Å². The standard InChI is InChI=1S/C22H19ClFN3O3S/c1-16-13-18(23)9-12-21(16)27(31(29,30)20-5-3-2-4-6-20)15-22(28)26-25-14-17-7-10-19(24)11-8-17/h2-14H,15H2,1H3,(H,26,28)/b25-14-. The molecule has 0 saturated heterocycles. The molecule has 0 unspecified atom stereocenters. The molecule has 0 fully saturated rings. The molecule has 0 aliphatic carbocycles. The fourth-order valence-electron chi connectivity index (χ4n) is 2.81. The second kappa shape index (κ2) is 9.72. The summed E-state index contributed by atoms with van der Waals surface area (Å²) in [7, 11) is -4.03. The van der Waals surface area contributed by atoms with E-state index in [1.807, 2.05) is 0 Å². The van der Waals surface area contributed by atoms with Crippen LogP contribution in [0, 0.1) is 12.7 Å². The topological polar surface area (TPSA) is 78.8 Å². The van der Waals surface area contributed by atoms with Crippen molar-refractivity contribution in [1.82, 2.24) is 5.43 Å². The molecule has 0 saturated carbocycles. The van der Waals surface area contributed by atoms with Gasteiger partial charge in [-0.1, -0.05) is 41.9 Å². The summed E-state index contributed by atoms with van der Waals surface area (Å²) in [6, 6.07) is 18.1. The minimum Gasteiger partial charge on any atom is -0.271 e. The van der Waals surface area contributed by atoms with E-state index in [1.54, 1.807) is 43.3 Å². The number of carbonyl (C=O) groups excluding carboxylic acids is 1. The maximum absolute atomic E-state index is 13.3. The van der Waals surface area contributed by atoms with Gasteiger partial charge in [0.15, 0.2) is 0 Å². The van der Waals surface area contributed by atoms with Crippen molar-refractivity contribution in [2.45, 2.75) is 11.8 Å². The number of rotatable bonds is 7. The van der Waals surface area contributed by atoms with E-state index in [9.17, 15) is 17.6 Å². The van der Waals surface area contributed by atoms with E-state index in [0.717, 1.165) is 4.31 Å². The van der Waals surface area contributed by atoms with E-state index in [-0.39, 0.29) is 10.7 Å². The van der Waals surface area contributed by atoms with Crippen molar-refractivity contribution < 1.29 is 17.6 Å². The number of hydrazone groups is 1. The van der Waals surface area contributed by atoms with Gasteiger partial charge in [0.1, 0.15) is 12.4 Å². The van der Waals surface area contributed by atoms with E-state index in [4.69, 9.17) is 11.6 Å². The molecule has 3 rings (SSSR count). The molecule has 3 aromatic carbocycles. The predicted octanol–water partition coefficient (Wildman–Crippen LogP) is 4.13. The van der Waals surface area contributed by atoms with Crippen LogP contribution in [0.1, 0.15) is 11.1 Å². The number of carbonyl (C=O) groups is 1. The Morgan fingerprint density at radius 2 is 1.77 bits per heavy atom. The van der Waals surface area contributed by atoms with Gasteiger partial charge in [-0.3, -0.25) is 9.10 Å². The summed E-state index contributed by atoms with van der Waals surface area (Å²) in [6.45, 7) is 1.21. The molecule has 1 N–H and O–H groups in total. The third-order valence-electron chi connectivity index (χ3n) is 4.32. The minimum absolute atomic E-state index is 0.0481. The average molecular weight is 460 g/mol. The molecule has 6 nitrogen and oxygen atoms in total. The molecule has 0 spiro atoms. The van der Waals surface area contributed by atoms with Crippen LogP contribution in [0.5, 0.6) is 0 Å². The highest BCUT2D eigenvalue weighted by Crippen LogP contribution is 2.28. The Morgan fingerprint density at radius 3 is 2.42 bits per heavy atom. The van der Waals surface area contributed by atoms with Crippen molar-refractivity contribution in [2.75, 3.05) is 10.8 Å². The number of hydrogen-bond donors (Lipinski definition) is 1. The number of sulfonamides is 1. The first-order chi connectivity index (χ1) is 14.8. The van der Waals surface area contributed by atoms with Crippen LogP contribution in [0.25, 0.3) is 0 Å². The molecule has 31 heavy (non-hydrogen) atoms. The summed E-state index contributed by atoms with van der Waals surface area (Å²) < 4.78 is 40.5. The van der Waals surface area contributed by atoms with Gasteiger partial charge in [-0.15, -0.1) is 0 Å². The Kier molecular flexibility index (Phi) is 7.04. The summed E-state index contributed by atoms with van der Waals surface area (Å²) >= 11 is 6.01. The summed E-state index contributed by atoms with van der Waals surface area (Å²) in [5.41, 5.74) is 3.80. The van der Waals surface area contributed by atoms with Crippen LogP contribution in [0.2, 0.25) is 5.02 Å². The first kappa shape index (κ1) is 22.5. The molecule has 0 bridgehead atoms. The Balaban J connectivity index is 1.86. The van der Waals surface area contributed by atoms with Gasteiger partial charge in [0.2, 0.25) is 0 Å². The van der Waals surface area contributed by atoms with Crippen molar-refractivity contribution >= 4 is 39.4 Å². The van der Waals surface area contributed by atoms with Crippen LogP contribution in [0.4, 0.5) is 10.1 Å². The molecule has 0 aliphatic rings. The number of halogens is 2. The van der Waals surface area contributed by atoms with E-state index in [0.29, 0.717) is 21.8 Å². The quantitative estimate of drug-likeness (QED) is 0.426. The lowest BCUT2D eigenvalue weighted by Gasteiger charge is -2.25. The largest absolute Gasteiger partial charge is 0.271 e. The van der Waals surface area contributed by atoms with E-state index in [1.165, 1.54) is 42.6 Å². The van der Waals surface area contributed by atoms with Crippen LogP contribution in [-0.2, 0) is 14.8 Å². The number of amides is 1. The molecule has 1 amide bonds. The zero-order valence-corrected chi connectivity index (χ0v) is 18.1. The third kappa shape index (κ3) is 5.68.